The minimum atomic E-state index is 0.578. The standard InChI is InChI=1S/C20H23N/c1-14-9-11-15(12-10-14)19-16-6-3-4-7-17(16)20-18(19)8-5-13-21(20)2/h3-4,6-7,9-12,18-20H,5,8,13H2,1-2H3/t18-,19-,20+/m1/s1. The van der Waals surface area contributed by atoms with E-state index in [9.17, 15) is 0 Å². The zero-order chi connectivity index (χ0) is 14.4. The number of piperidine rings is 1. The molecule has 2 aliphatic rings. The van der Waals surface area contributed by atoms with Crippen molar-refractivity contribution in [1.82, 2.24) is 4.90 Å². The molecule has 1 aliphatic carbocycles. The molecule has 0 N–H and O–H groups in total. The van der Waals surface area contributed by atoms with Crippen molar-refractivity contribution in [2.24, 2.45) is 5.92 Å². The highest BCUT2D eigenvalue weighted by molar-refractivity contribution is 5.46. The van der Waals surface area contributed by atoms with Gasteiger partial charge in [0.25, 0.3) is 0 Å². The highest BCUT2D eigenvalue weighted by atomic mass is 15.1. The number of likely N-dealkylation sites (tertiary alicyclic amines) is 1. The third kappa shape index (κ3) is 2.03. The fourth-order valence-electron chi connectivity index (χ4n) is 4.51. The van der Waals surface area contributed by atoms with Crippen LogP contribution in [0.15, 0.2) is 48.5 Å². The van der Waals surface area contributed by atoms with Crippen LogP contribution in [0.3, 0.4) is 0 Å². The second kappa shape index (κ2) is 4.99. The Bertz CT molecular complexity index is 643. The van der Waals surface area contributed by atoms with Gasteiger partial charge in [-0.1, -0.05) is 54.1 Å². The summed E-state index contributed by atoms with van der Waals surface area (Å²) in [6.07, 6.45) is 2.68. The van der Waals surface area contributed by atoms with Gasteiger partial charge in [-0.15, -0.1) is 0 Å². The van der Waals surface area contributed by atoms with E-state index in [1.54, 1.807) is 11.1 Å². The summed E-state index contributed by atoms with van der Waals surface area (Å²) in [6.45, 7) is 3.40. The normalized spacial score (nSPS) is 28.2. The Morgan fingerprint density at radius 2 is 1.67 bits per heavy atom. The molecule has 0 unspecified atom stereocenters. The van der Waals surface area contributed by atoms with Gasteiger partial charge in [0.1, 0.15) is 0 Å². The molecular formula is C20H23N. The number of fused-ring (bicyclic) bond motifs is 3. The molecule has 0 bridgehead atoms. The lowest BCUT2D eigenvalue weighted by atomic mass is 9.80. The van der Waals surface area contributed by atoms with E-state index < -0.39 is 0 Å². The van der Waals surface area contributed by atoms with Crippen LogP contribution in [0.5, 0.6) is 0 Å². The SMILES string of the molecule is Cc1ccc([C@@H]2c3ccccc3[C@H]3[C@@H]2CCCN3C)cc1. The summed E-state index contributed by atoms with van der Waals surface area (Å²) in [5, 5.41) is 0. The lowest BCUT2D eigenvalue weighted by molar-refractivity contribution is 0.127. The van der Waals surface area contributed by atoms with Crippen LogP contribution in [0, 0.1) is 12.8 Å². The van der Waals surface area contributed by atoms with Gasteiger partial charge >= 0.3 is 0 Å². The van der Waals surface area contributed by atoms with Crippen LogP contribution in [0.4, 0.5) is 0 Å². The molecule has 1 nitrogen and oxygen atoms in total. The summed E-state index contributed by atoms with van der Waals surface area (Å²) >= 11 is 0. The first kappa shape index (κ1) is 13.1. The van der Waals surface area contributed by atoms with Gasteiger partial charge in [0.15, 0.2) is 0 Å². The number of hydrogen-bond acceptors (Lipinski definition) is 1. The number of rotatable bonds is 1. The highest BCUT2D eigenvalue weighted by Gasteiger charge is 2.44. The monoisotopic (exact) mass is 277 g/mol. The molecule has 2 aromatic rings. The second-order valence-electron chi connectivity index (χ2n) is 6.75. The smallest absolute Gasteiger partial charge is 0.0385 e. The molecule has 1 aliphatic heterocycles. The van der Waals surface area contributed by atoms with E-state index in [0.717, 1.165) is 5.92 Å². The summed E-state index contributed by atoms with van der Waals surface area (Å²) in [4.78, 5) is 2.57. The Morgan fingerprint density at radius 3 is 2.43 bits per heavy atom. The zero-order valence-corrected chi connectivity index (χ0v) is 12.9. The van der Waals surface area contributed by atoms with Crippen molar-refractivity contribution in [2.75, 3.05) is 13.6 Å². The average molecular weight is 277 g/mol. The van der Waals surface area contributed by atoms with Crippen molar-refractivity contribution in [2.45, 2.75) is 31.7 Å². The van der Waals surface area contributed by atoms with Gasteiger partial charge in [-0.05, 0) is 56.0 Å². The molecule has 0 amide bonds. The van der Waals surface area contributed by atoms with Crippen LogP contribution < -0.4 is 0 Å². The van der Waals surface area contributed by atoms with Gasteiger partial charge < -0.3 is 0 Å². The van der Waals surface area contributed by atoms with Gasteiger partial charge in [-0.2, -0.15) is 0 Å². The van der Waals surface area contributed by atoms with Crippen LogP contribution in [-0.2, 0) is 0 Å². The molecule has 3 atom stereocenters. The van der Waals surface area contributed by atoms with Crippen molar-refractivity contribution < 1.29 is 0 Å². The first-order chi connectivity index (χ1) is 10.3. The van der Waals surface area contributed by atoms with E-state index in [2.05, 4.69) is 67.4 Å². The number of nitrogens with zero attached hydrogens (tertiary/aromatic N) is 1. The quantitative estimate of drug-likeness (QED) is 0.740. The molecule has 2 aromatic carbocycles. The lowest BCUT2D eigenvalue weighted by Crippen LogP contribution is -2.34. The topological polar surface area (TPSA) is 3.24 Å². The third-order valence-corrected chi connectivity index (χ3v) is 5.44. The molecule has 0 radical (unpaired) electrons. The summed E-state index contributed by atoms with van der Waals surface area (Å²) in [7, 11) is 2.30. The average Bonchev–Trinajstić information content (AvgIpc) is 2.84. The second-order valence-corrected chi connectivity index (χ2v) is 6.75. The Kier molecular flexibility index (Phi) is 3.11. The summed E-state index contributed by atoms with van der Waals surface area (Å²) in [5.74, 6) is 1.32. The van der Waals surface area contributed by atoms with E-state index in [4.69, 9.17) is 0 Å². The van der Waals surface area contributed by atoms with Crippen LogP contribution in [0.2, 0.25) is 0 Å². The molecule has 4 rings (SSSR count). The van der Waals surface area contributed by atoms with E-state index in [1.165, 1.54) is 30.5 Å². The fraction of sp³-hybridized carbons (Fsp3) is 0.400. The maximum Gasteiger partial charge on any atom is 0.0385 e. The van der Waals surface area contributed by atoms with Gasteiger partial charge in [-0.25, -0.2) is 0 Å². The molecule has 21 heavy (non-hydrogen) atoms. The predicted octanol–water partition coefficient (Wildman–Crippen LogP) is 4.52. The van der Waals surface area contributed by atoms with Crippen LogP contribution in [-0.4, -0.2) is 18.5 Å². The zero-order valence-electron chi connectivity index (χ0n) is 12.9. The Morgan fingerprint density at radius 1 is 0.952 bits per heavy atom. The number of benzene rings is 2. The molecule has 1 saturated heterocycles. The van der Waals surface area contributed by atoms with Crippen molar-refractivity contribution in [3.8, 4) is 0 Å². The predicted molar refractivity (Wildman–Crippen MR) is 87.6 cm³/mol. The van der Waals surface area contributed by atoms with Crippen molar-refractivity contribution in [3.05, 3.63) is 70.8 Å². The Balaban J connectivity index is 1.84. The van der Waals surface area contributed by atoms with E-state index in [0.29, 0.717) is 12.0 Å². The molecule has 1 fully saturated rings. The van der Waals surface area contributed by atoms with E-state index >= 15 is 0 Å². The van der Waals surface area contributed by atoms with Gasteiger partial charge in [0.05, 0.1) is 0 Å². The summed E-state index contributed by atoms with van der Waals surface area (Å²) in [6, 6.07) is 18.9. The number of aryl methyl sites for hydroxylation is 1. The Labute approximate surface area is 127 Å². The first-order valence-corrected chi connectivity index (χ1v) is 8.11. The summed E-state index contributed by atoms with van der Waals surface area (Å²) in [5.41, 5.74) is 5.97. The third-order valence-electron chi connectivity index (χ3n) is 5.44. The molecule has 1 heterocycles. The molecular weight excluding hydrogens is 254 g/mol. The van der Waals surface area contributed by atoms with Gasteiger partial charge in [-0.3, -0.25) is 4.90 Å². The first-order valence-electron chi connectivity index (χ1n) is 8.11. The van der Waals surface area contributed by atoms with E-state index in [1.807, 2.05) is 0 Å². The molecule has 108 valence electrons. The van der Waals surface area contributed by atoms with E-state index in [-0.39, 0.29) is 0 Å². The lowest BCUT2D eigenvalue weighted by Gasteiger charge is -2.37. The summed E-state index contributed by atoms with van der Waals surface area (Å²) < 4.78 is 0. The maximum absolute atomic E-state index is 2.57. The molecule has 0 spiro atoms. The molecule has 0 saturated carbocycles. The number of hydrogen-bond donors (Lipinski definition) is 0. The van der Waals surface area contributed by atoms with Crippen LogP contribution in [0.25, 0.3) is 0 Å². The van der Waals surface area contributed by atoms with Crippen molar-refractivity contribution >= 4 is 0 Å². The van der Waals surface area contributed by atoms with Crippen molar-refractivity contribution in [1.29, 1.82) is 0 Å². The minimum absolute atomic E-state index is 0.578. The van der Waals surface area contributed by atoms with Crippen molar-refractivity contribution in [3.63, 3.8) is 0 Å². The molecule has 0 aromatic heterocycles. The minimum Gasteiger partial charge on any atom is -0.299 e. The van der Waals surface area contributed by atoms with Gasteiger partial charge in [0.2, 0.25) is 0 Å². The fourth-order valence-corrected chi connectivity index (χ4v) is 4.51. The maximum atomic E-state index is 2.57. The van der Waals surface area contributed by atoms with Gasteiger partial charge in [0, 0.05) is 12.0 Å². The Hall–Kier alpha value is -1.60. The largest absolute Gasteiger partial charge is 0.299 e. The van der Waals surface area contributed by atoms with Crippen LogP contribution in [0.1, 0.15) is 47.1 Å². The van der Waals surface area contributed by atoms with Crippen LogP contribution >= 0.6 is 0 Å². The highest BCUT2D eigenvalue weighted by Crippen LogP contribution is 2.54. The molecule has 1 heteroatoms.